The Bertz CT molecular complexity index is 910. The number of unbranched alkanes of at least 4 members (excludes halogenated alkanes) is 1. The molecule has 32 heavy (non-hydrogen) atoms. The smallest absolute Gasteiger partial charge is 0.229 e. The van der Waals surface area contributed by atoms with E-state index < -0.39 is 0 Å². The van der Waals surface area contributed by atoms with E-state index in [-0.39, 0.29) is 0 Å². The number of nitrogens with zero attached hydrogens (tertiary/aromatic N) is 4. The van der Waals surface area contributed by atoms with Crippen LogP contribution in [0, 0.1) is 18.3 Å². The Labute approximate surface area is 197 Å². The van der Waals surface area contributed by atoms with E-state index >= 15 is 0 Å². The van der Waals surface area contributed by atoms with Gasteiger partial charge in [-0.15, -0.1) is 0 Å². The quantitative estimate of drug-likeness (QED) is 0.462. The highest BCUT2D eigenvalue weighted by Gasteiger charge is 2.21. The van der Waals surface area contributed by atoms with Gasteiger partial charge >= 0.3 is 0 Å². The number of nitriles is 1. The van der Waals surface area contributed by atoms with Gasteiger partial charge in [-0.1, -0.05) is 19.4 Å². The van der Waals surface area contributed by atoms with Crippen LogP contribution < -0.4 is 15.5 Å². The maximum atomic E-state index is 9.36. The predicted octanol–water partition coefficient (Wildman–Crippen LogP) is 5.05. The highest BCUT2D eigenvalue weighted by molar-refractivity contribution is 7.98. The predicted molar refractivity (Wildman–Crippen MR) is 136 cm³/mol. The summed E-state index contributed by atoms with van der Waals surface area (Å²) in [7, 11) is 0. The van der Waals surface area contributed by atoms with Gasteiger partial charge in [0.25, 0.3) is 0 Å². The number of piperidine rings is 1. The first kappa shape index (κ1) is 24.3. The van der Waals surface area contributed by atoms with E-state index in [1.165, 1.54) is 25.0 Å². The van der Waals surface area contributed by atoms with Crippen molar-refractivity contribution in [2.45, 2.75) is 58.4 Å². The van der Waals surface area contributed by atoms with Gasteiger partial charge in [0.1, 0.15) is 5.82 Å². The van der Waals surface area contributed by atoms with Crippen molar-refractivity contribution in [2.75, 3.05) is 41.9 Å². The average Bonchev–Trinajstić information content (AvgIpc) is 2.82. The molecule has 2 aromatic rings. The molecule has 7 heteroatoms. The van der Waals surface area contributed by atoms with Crippen LogP contribution in [0.25, 0.3) is 0 Å². The molecule has 6 nitrogen and oxygen atoms in total. The van der Waals surface area contributed by atoms with E-state index in [1.807, 2.05) is 36.9 Å². The van der Waals surface area contributed by atoms with Crippen molar-refractivity contribution in [3.8, 4) is 6.07 Å². The summed E-state index contributed by atoms with van der Waals surface area (Å²) in [5.41, 5.74) is 3.56. The first-order chi connectivity index (χ1) is 15.6. The lowest BCUT2D eigenvalue weighted by Crippen LogP contribution is -2.46. The van der Waals surface area contributed by atoms with Crippen LogP contribution in [0.5, 0.6) is 0 Å². The van der Waals surface area contributed by atoms with Crippen LogP contribution in [0.1, 0.15) is 55.8 Å². The Hall–Kier alpha value is -2.30. The maximum absolute atomic E-state index is 9.36. The third-order valence-corrected chi connectivity index (χ3v) is 6.57. The fourth-order valence-electron chi connectivity index (χ4n) is 4.01. The lowest BCUT2D eigenvalue weighted by molar-refractivity contribution is 0.422. The van der Waals surface area contributed by atoms with Crippen molar-refractivity contribution in [1.29, 1.82) is 5.26 Å². The van der Waals surface area contributed by atoms with E-state index in [0.717, 1.165) is 61.7 Å². The van der Waals surface area contributed by atoms with Gasteiger partial charge in [-0.3, -0.25) is 0 Å². The molecule has 1 saturated heterocycles. The van der Waals surface area contributed by atoms with Crippen LogP contribution in [0.15, 0.2) is 24.3 Å². The molecule has 1 unspecified atom stereocenters. The molecule has 172 valence electrons. The molecule has 1 aliphatic heterocycles. The number of hydrogen-bond donors (Lipinski definition) is 2. The summed E-state index contributed by atoms with van der Waals surface area (Å²) >= 11 is 1.91. The summed E-state index contributed by atoms with van der Waals surface area (Å²) in [4.78, 5) is 12.0. The zero-order valence-electron chi connectivity index (χ0n) is 19.7. The zero-order valence-corrected chi connectivity index (χ0v) is 20.5. The van der Waals surface area contributed by atoms with E-state index in [0.29, 0.717) is 17.6 Å². The summed E-state index contributed by atoms with van der Waals surface area (Å²) in [5, 5.41) is 16.4. The van der Waals surface area contributed by atoms with Gasteiger partial charge in [-0.25, -0.2) is 4.98 Å². The fraction of sp³-hybridized carbons (Fsp3) is 0.560. The van der Waals surface area contributed by atoms with E-state index in [4.69, 9.17) is 9.97 Å². The molecule has 0 radical (unpaired) electrons. The van der Waals surface area contributed by atoms with Crippen LogP contribution >= 0.6 is 11.8 Å². The van der Waals surface area contributed by atoms with Gasteiger partial charge in [-0.2, -0.15) is 22.0 Å². The highest BCUT2D eigenvalue weighted by Crippen LogP contribution is 2.24. The number of rotatable bonds is 11. The minimum atomic E-state index is 0.506. The summed E-state index contributed by atoms with van der Waals surface area (Å²) in [6.45, 7) is 7.23. The molecule has 0 amide bonds. The van der Waals surface area contributed by atoms with Crippen molar-refractivity contribution in [2.24, 2.45) is 0 Å². The maximum Gasteiger partial charge on any atom is 0.229 e. The van der Waals surface area contributed by atoms with Crippen LogP contribution in [-0.4, -0.2) is 47.7 Å². The number of nitrogens with one attached hydrogen (secondary N) is 2. The number of hydrogen-bond acceptors (Lipinski definition) is 7. The summed E-state index contributed by atoms with van der Waals surface area (Å²) in [5.74, 6) is 2.81. The van der Waals surface area contributed by atoms with Gasteiger partial charge in [0.05, 0.1) is 11.6 Å². The minimum absolute atomic E-state index is 0.506. The van der Waals surface area contributed by atoms with Crippen LogP contribution in [0.3, 0.4) is 0 Å². The van der Waals surface area contributed by atoms with Crippen molar-refractivity contribution in [3.63, 3.8) is 0 Å². The van der Waals surface area contributed by atoms with Gasteiger partial charge in [0.2, 0.25) is 5.95 Å². The third kappa shape index (κ3) is 7.11. The van der Waals surface area contributed by atoms with Crippen LogP contribution in [0.2, 0.25) is 0 Å². The molecule has 2 heterocycles. The molecular formula is C25H36N6S. The fourth-order valence-corrected chi connectivity index (χ4v) is 4.44. The Morgan fingerprint density at radius 2 is 2.12 bits per heavy atom. The Balaban J connectivity index is 1.77. The summed E-state index contributed by atoms with van der Waals surface area (Å²) < 4.78 is 0. The summed E-state index contributed by atoms with van der Waals surface area (Å²) in [6, 6.07) is 10.7. The molecule has 2 N–H and O–H groups in total. The Morgan fingerprint density at radius 3 is 2.91 bits per heavy atom. The van der Waals surface area contributed by atoms with E-state index in [9.17, 15) is 5.26 Å². The second-order valence-corrected chi connectivity index (χ2v) is 9.48. The first-order valence-corrected chi connectivity index (χ1v) is 13.1. The first-order valence-electron chi connectivity index (χ1n) is 11.8. The van der Waals surface area contributed by atoms with Crippen LogP contribution in [0.4, 0.5) is 17.5 Å². The van der Waals surface area contributed by atoms with Crippen molar-refractivity contribution in [1.82, 2.24) is 15.3 Å². The van der Waals surface area contributed by atoms with Crippen LogP contribution in [-0.2, 0) is 6.42 Å². The molecule has 1 aromatic heterocycles. The third-order valence-electron chi connectivity index (χ3n) is 5.87. The van der Waals surface area contributed by atoms with Crippen molar-refractivity contribution in [3.05, 3.63) is 41.1 Å². The lowest BCUT2D eigenvalue weighted by Gasteiger charge is -2.34. The van der Waals surface area contributed by atoms with Gasteiger partial charge in [0, 0.05) is 36.6 Å². The number of anilines is 3. The average molecular weight is 453 g/mol. The largest absolute Gasteiger partial charge is 0.355 e. The molecule has 1 aliphatic rings. The van der Waals surface area contributed by atoms with E-state index in [1.54, 1.807) is 0 Å². The lowest BCUT2D eigenvalue weighted by atomic mass is 10.1. The van der Waals surface area contributed by atoms with Crippen molar-refractivity contribution < 1.29 is 0 Å². The van der Waals surface area contributed by atoms with Gasteiger partial charge < -0.3 is 15.5 Å². The molecular weight excluding hydrogens is 416 g/mol. The monoisotopic (exact) mass is 452 g/mol. The highest BCUT2D eigenvalue weighted by atomic mass is 32.2. The number of thioether (sulfide) groups is 1. The minimum Gasteiger partial charge on any atom is -0.355 e. The van der Waals surface area contributed by atoms with E-state index in [2.05, 4.69) is 40.8 Å². The molecule has 0 spiro atoms. The van der Waals surface area contributed by atoms with Gasteiger partial charge in [0.15, 0.2) is 0 Å². The SMILES string of the molecule is CCCCc1cc(N2CCCC(NCCCSC)C2)nc(Nc2ccc(C)c(C#N)c2)n1. The number of aryl methyl sites for hydroxylation is 2. The second kappa shape index (κ2) is 12.7. The molecule has 1 aromatic carbocycles. The molecule has 3 rings (SSSR count). The standard InChI is InChI=1S/C25H36N6S/c1-4-5-8-21-16-24(31-13-6-9-23(18-31)27-12-7-14-32-3)30-25(28-21)29-22-11-10-19(2)20(15-22)17-26/h10-11,15-16,23,27H,4-9,12-14,18H2,1-3H3,(H,28,29,30). The molecule has 1 fully saturated rings. The molecule has 0 aliphatic carbocycles. The molecule has 1 atom stereocenters. The summed E-state index contributed by atoms with van der Waals surface area (Å²) in [6.07, 6.45) is 8.95. The normalized spacial score (nSPS) is 16.1. The zero-order chi connectivity index (χ0) is 22.8. The molecule has 0 bridgehead atoms. The van der Waals surface area contributed by atoms with Gasteiger partial charge in [-0.05, 0) is 75.3 Å². The second-order valence-electron chi connectivity index (χ2n) is 8.50. The number of aromatic nitrogens is 2. The Morgan fingerprint density at radius 1 is 1.25 bits per heavy atom. The molecule has 0 saturated carbocycles. The Kier molecular flexibility index (Phi) is 9.63. The van der Waals surface area contributed by atoms with Crippen molar-refractivity contribution >= 4 is 29.2 Å². The number of benzene rings is 1. The topological polar surface area (TPSA) is 76.9 Å².